The number of carbonyl (C=O) groups is 10. The molecular formula is C83H103N17O15. The van der Waals surface area contributed by atoms with Gasteiger partial charge in [-0.25, -0.2) is 14.2 Å². The fourth-order valence-corrected chi connectivity index (χ4v) is 14.3. The van der Waals surface area contributed by atoms with Crippen LogP contribution >= 0.6 is 0 Å². The number of aliphatic hydroxyl groups is 2. The Kier molecular flexibility index (Phi) is 27.1. The molecule has 9 amide bonds. The Morgan fingerprint density at radius 3 is 1.29 bits per heavy atom. The van der Waals surface area contributed by atoms with Crippen molar-refractivity contribution >= 4 is 80.7 Å². The Morgan fingerprint density at radius 2 is 0.904 bits per heavy atom. The summed E-state index contributed by atoms with van der Waals surface area (Å²) in [7, 11) is 3.21. The van der Waals surface area contributed by atoms with Gasteiger partial charge in [0.2, 0.25) is 53.2 Å². The van der Waals surface area contributed by atoms with Crippen molar-refractivity contribution in [1.82, 2.24) is 87.6 Å². The number of carboxylic acid groups (broad SMARTS) is 1. The molecule has 14 rings (SSSR count). The average Bonchev–Trinajstić information content (AvgIpc) is 1.67. The van der Waals surface area contributed by atoms with Gasteiger partial charge in [-0.3, -0.25) is 43.2 Å². The quantitative estimate of drug-likeness (QED) is 0.0623. The molecule has 0 saturated carbocycles. The van der Waals surface area contributed by atoms with Crippen molar-refractivity contribution in [3.05, 3.63) is 179 Å². The first-order chi connectivity index (χ1) is 54.9. The van der Waals surface area contributed by atoms with Crippen molar-refractivity contribution in [3.63, 3.8) is 0 Å². The predicted octanol–water partition coefficient (Wildman–Crippen LogP) is 2.67. The van der Waals surface area contributed by atoms with Crippen LogP contribution < -0.4 is 57.3 Å². The van der Waals surface area contributed by atoms with Crippen molar-refractivity contribution in [2.75, 3.05) is 40.4 Å². The lowest BCUT2D eigenvalue weighted by atomic mass is 9.85. The van der Waals surface area contributed by atoms with Crippen LogP contribution in [0.4, 0.5) is 0 Å². The maximum absolute atomic E-state index is 15.5. The largest absolute Gasteiger partial charge is 0.487 e. The van der Waals surface area contributed by atoms with Crippen LogP contribution in [0.1, 0.15) is 114 Å². The Bertz CT molecular complexity index is 4820. The number of carbonyl (C=O) groups excluding carboxylic acids is 9. The van der Waals surface area contributed by atoms with Crippen molar-refractivity contribution < 1.29 is 72.7 Å². The van der Waals surface area contributed by atoms with E-state index in [0.717, 1.165) is 21.5 Å². The normalized spacial score (nSPS) is 21.3. The highest BCUT2D eigenvalue weighted by Gasteiger charge is 2.49. The van der Waals surface area contributed by atoms with Crippen LogP contribution in [0.25, 0.3) is 21.5 Å². The molecule has 12 bridgehead atoms. The third-order valence-corrected chi connectivity index (χ3v) is 21.4. The third-order valence-electron chi connectivity index (χ3n) is 21.4. The molecule has 610 valence electrons. The SMILES string of the molecule is CN[C@@H](C)C(=O)N[C@H](C(=O)N1C[C@@H]2C[C@H]1C(=O)N[C@@H](Cc1ccc3ccccc3c1)C(=O)N[C@H](C(=O)O)Cc1ccc(cc1)OCc1cn(nn1)[C@H]1C[C@@H](C(=O)N[C@@H](Cc3ccc4ccccc4c3)C(=O)N[C@H](C(=O)NC(CO)CO)Cc3ccc(cc3)OCc3cn2nn3)N(C(=O)[C@@H](NC(=O)[C@H](C)NC)C(C)(C)C)C1)C(C)(C)C. The number of hydrogen-bond acceptors (Lipinski definition) is 20. The summed E-state index contributed by atoms with van der Waals surface area (Å²) in [4.78, 5) is 149. The molecule has 115 heavy (non-hydrogen) atoms. The summed E-state index contributed by atoms with van der Waals surface area (Å²) in [5.41, 5.74) is 1.11. The third kappa shape index (κ3) is 21.2. The maximum atomic E-state index is 15.5. The van der Waals surface area contributed by atoms with Gasteiger partial charge in [0.25, 0.3) is 0 Å². The second-order valence-electron chi connectivity index (χ2n) is 32.0. The standard InChI is InChI=1S/C83H103N17O15/c1-47(84-9)72(103)91-70(82(3,4)5)79(110)97-41-60-37-68(97)77(108)88-65(35-51-19-25-53-15-11-13-17-55(53)31-51)75(106)87-64(74(105)86-59(43-101)44-102)33-49-21-27-62(28-22-49)114-45-57-39-100(95-93-57)61-38-69(98(42-61)80(111)71(83(6,7)8)92-73(104)48(2)85-10)78(109)89-66(36-52-20-26-54-16-12-14-18-56(54)32-52)76(107)90-67(81(112)113)34-50-23-29-63(30-24-50)115-46-58-40-99(60)96-94-58/h11-32,39-40,47-48,59-61,64-71,84-85,101-102H,33-38,41-46H2,1-10H3,(H,86,105)(H,87,106)(H,88,108)(H,89,109)(H,90,107)(H,91,103)(H,92,104)(H,112,113)/t47-,48-,60-,61-,64-,65-,66-,67-,68-,69-,70+,71+/m0/s1. The number of ether oxygens (including phenoxy) is 2. The van der Waals surface area contributed by atoms with Crippen LogP contribution in [0.15, 0.2) is 146 Å². The van der Waals surface area contributed by atoms with E-state index < -0.39 is 162 Å². The number of rotatable bonds is 17. The van der Waals surface area contributed by atoms with Gasteiger partial charge >= 0.3 is 5.97 Å². The Hall–Kier alpha value is -11.7. The van der Waals surface area contributed by atoms with E-state index in [-0.39, 0.29) is 64.8 Å². The van der Waals surface area contributed by atoms with E-state index in [1.54, 1.807) is 130 Å². The lowest BCUT2D eigenvalue weighted by Gasteiger charge is -2.36. The molecule has 0 aliphatic carbocycles. The summed E-state index contributed by atoms with van der Waals surface area (Å²) < 4.78 is 15.5. The second-order valence-corrected chi connectivity index (χ2v) is 32.0. The van der Waals surface area contributed by atoms with E-state index in [9.17, 15) is 39.3 Å². The molecule has 0 radical (unpaired) electrons. The van der Waals surface area contributed by atoms with Gasteiger partial charge in [-0.15, -0.1) is 10.2 Å². The Labute approximate surface area is 665 Å². The monoisotopic (exact) mass is 1580 g/mol. The van der Waals surface area contributed by atoms with Gasteiger partial charge in [-0.1, -0.05) is 161 Å². The summed E-state index contributed by atoms with van der Waals surface area (Å²) in [6.07, 6.45) is 2.51. The van der Waals surface area contributed by atoms with Gasteiger partial charge in [0.15, 0.2) is 0 Å². The molecule has 8 heterocycles. The van der Waals surface area contributed by atoms with Crippen molar-refractivity contribution in [1.29, 1.82) is 0 Å². The predicted molar refractivity (Wildman–Crippen MR) is 424 cm³/mol. The highest BCUT2D eigenvalue weighted by molar-refractivity contribution is 5.99. The van der Waals surface area contributed by atoms with Crippen molar-refractivity contribution in [2.24, 2.45) is 10.8 Å². The van der Waals surface area contributed by atoms with Gasteiger partial charge < -0.3 is 82.4 Å². The number of aliphatic hydroxyl groups excluding tert-OH is 2. The average molecular weight is 1580 g/mol. The number of nitrogens with one attached hydrogen (secondary N) is 9. The minimum absolute atomic E-state index is 0.0531. The fourth-order valence-electron chi connectivity index (χ4n) is 14.3. The molecule has 12 atom stereocenters. The van der Waals surface area contributed by atoms with Gasteiger partial charge in [0.05, 0.1) is 55.8 Å². The van der Waals surface area contributed by atoms with E-state index in [1.807, 2.05) is 84.9 Å². The number of amides is 9. The topological polar surface area (TPSA) is 426 Å². The molecule has 2 saturated heterocycles. The first-order valence-electron chi connectivity index (χ1n) is 38.6. The zero-order valence-corrected chi connectivity index (χ0v) is 66.2. The highest BCUT2D eigenvalue weighted by atomic mass is 16.5. The minimum Gasteiger partial charge on any atom is -0.487 e. The van der Waals surface area contributed by atoms with E-state index in [2.05, 4.69) is 68.5 Å². The molecule has 0 spiro atoms. The van der Waals surface area contributed by atoms with Crippen LogP contribution in [-0.4, -0.2) is 221 Å². The molecule has 6 aliphatic rings. The Balaban J connectivity index is 0.944. The van der Waals surface area contributed by atoms with Gasteiger partial charge in [0.1, 0.15) is 84.4 Å². The van der Waals surface area contributed by atoms with Crippen LogP contribution in [0.5, 0.6) is 11.5 Å². The van der Waals surface area contributed by atoms with Crippen LogP contribution in [-0.2, 0) is 86.8 Å². The minimum atomic E-state index is -1.53. The molecule has 6 aliphatic heterocycles. The number of carboxylic acids is 1. The molecule has 2 aromatic heterocycles. The summed E-state index contributed by atoms with van der Waals surface area (Å²) in [5.74, 6) is -6.70. The van der Waals surface area contributed by atoms with Crippen molar-refractivity contribution in [3.8, 4) is 11.5 Å². The second kappa shape index (κ2) is 37.0. The molecular weight excluding hydrogens is 1480 g/mol. The molecule has 2 fully saturated rings. The Morgan fingerprint density at radius 1 is 0.513 bits per heavy atom. The molecule has 6 aromatic carbocycles. The zero-order valence-electron chi connectivity index (χ0n) is 66.2. The van der Waals surface area contributed by atoms with E-state index >= 15 is 24.0 Å². The van der Waals surface area contributed by atoms with E-state index in [0.29, 0.717) is 45.1 Å². The van der Waals surface area contributed by atoms with Gasteiger partial charge in [-0.05, 0) is 107 Å². The first kappa shape index (κ1) is 84.2. The maximum Gasteiger partial charge on any atom is 0.326 e. The number of likely N-dealkylation sites (N-methyl/N-ethyl adjacent to an activating group) is 2. The number of aromatic nitrogens is 6. The van der Waals surface area contributed by atoms with Crippen LogP contribution in [0, 0.1) is 10.8 Å². The van der Waals surface area contributed by atoms with Gasteiger partial charge in [-0.2, -0.15) is 0 Å². The fraction of sp³-hybridized carbons (Fsp3) is 0.446. The number of likely N-dealkylation sites (tertiary alicyclic amines) is 2. The summed E-state index contributed by atoms with van der Waals surface area (Å²) in [6.45, 7) is 12.2. The number of benzene rings is 6. The molecule has 0 unspecified atom stereocenters. The summed E-state index contributed by atoms with van der Waals surface area (Å²) in [6, 6.07) is 24.7. The number of hydrogen-bond donors (Lipinski definition) is 12. The van der Waals surface area contributed by atoms with E-state index in [1.165, 1.54) is 19.2 Å². The number of nitrogens with zero attached hydrogens (tertiary/aromatic N) is 8. The molecule has 32 nitrogen and oxygen atoms in total. The molecule has 32 heteroatoms. The van der Waals surface area contributed by atoms with Gasteiger partial charge in [0, 0.05) is 51.6 Å². The smallest absolute Gasteiger partial charge is 0.326 e. The van der Waals surface area contributed by atoms with Crippen LogP contribution in [0.3, 0.4) is 0 Å². The number of fused-ring (bicyclic) bond motifs is 2. The van der Waals surface area contributed by atoms with Crippen LogP contribution in [0.2, 0.25) is 0 Å². The van der Waals surface area contributed by atoms with E-state index in [4.69, 9.17) is 9.47 Å². The van der Waals surface area contributed by atoms with Crippen molar-refractivity contribution in [2.45, 2.75) is 186 Å². The molecule has 12 N–H and O–H groups in total. The first-order valence-corrected chi connectivity index (χ1v) is 38.6. The number of aliphatic carboxylic acids is 1. The lowest BCUT2D eigenvalue weighted by Crippen LogP contribution is -2.61. The lowest BCUT2D eigenvalue weighted by molar-refractivity contribution is -0.145. The summed E-state index contributed by atoms with van der Waals surface area (Å²) in [5, 5.41) is 78.0. The zero-order chi connectivity index (χ0) is 82.6. The molecule has 8 aromatic rings. The summed E-state index contributed by atoms with van der Waals surface area (Å²) >= 11 is 0. The highest BCUT2D eigenvalue weighted by Crippen LogP contribution is 2.35.